The highest BCUT2D eigenvalue weighted by Gasteiger charge is 2.42. The molecule has 0 aromatic carbocycles. The van der Waals surface area contributed by atoms with E-state index in [1.165, 1.54) is 0 Å². The molecule has 0 bridgehead atoms. The number of alkyl halides is 3. The smallest absolute Gasteiger partial charge is 0.354 e. The van der Waals surface area contributed by atoms with Gasteiger partial charge in [0.15, 0.2) is 0 Å². The van der Waals surface area contributed by atoms with Crippen LogP contribution < -0.4 is 10.6 Å². The molecule has 1 aliphatic rings. The number of aromatic nitrogens is 2. The minimum Gasteiger partial charge on any atom is -0.354 e. The molecule has 0 spiro atoms. The normalized spacial score (nSPS) is 23.0. The molecule has 21 heavy (non-hydrogen) atoms. The Balaban J connectivity index is 1.70. The fourth-order valence-corrected chi connectivity index (χ4v) is 2.39. The third kappa shape index (κ3) is 4.45. The number of rotatable bonds is 4. The summed E-state index contributed by atoms with van der Waals surface area (Å²) < 4.78 is 39.2. The van der Waals surface area contributed by atoms with Crippen LogP contribution in [0, 0.1) is 5.92 Å². The summed E-state index contributed by atoms with van der Waals surface area (Å²) >= 11 is 0. The Hall–Kier alpha value is -1.57. The van der Waals surface area contributed by atoms with Gasteiger partial charge in [-0.2, -0.15) is 18.3 Å². The first-order valence-corrected chi connectivity index (χ1v) is 6.92. The van der Waals surface area contributed by atoms with Crippen LogP contribution in [0.1, 0.15) is 18.5 Å². The van der Waals surface area contributed by atoms with E-state index in [0.29, 0.717) is 13.0 Å². The number of aryl methyl sites for hydroxylation is 1. The van der Waals surface area contributed by atoms with Crippen LogP contribution in [0.3, 0.4) is 0 Å². The predicted octanol–water partition coefficient (Wildman–Crippen LogP) is 1.01. The molecule has 2 atom stereocenters. The molecule has 2 unspecified atom stereocenters. The first-order valence-electron chi connectivity index (χ1n) is 6.92. The summed E-state index contributed by atoms with van der Waals surface area (Å²) in [6.07, 6.45) is -1.57. The molecule has 8 heteroatoms. The Morgan fingerprint density at radius 3 is 2.81 bits per heavy atom. The highest BCUT2D eigenvalue weighted by molar-refractivity contribution is 5.81. The van der Waals surface area contributed by atoms with Crippen LogP contribution >= 0.6 is 0 Å². The van der Waals surface area contributed by atoms with E-state index in [2.05, 4.69) is 15.7 Å². The molecule has 0 saturated carbocycles. The monoisotopic (exact) mass is 304 g/mol. The standard InChI is InChI=1S/C13H19F3N4O/c1-20-7-5-10(19-20)4-6-17-12(21)11-3-2-9(8-18-11)13(14,15)16/h5,7,9,11,18H,2-4,6,8H2,1H3,(H,17,21). The Kier molecular flexibility index (Phi) is 4.87. The van der Waals surface area contributed by atoms with E-state index in [4.69, 9.17) is 0 Å². The van der Waals surface area contributed by atoms with Crippen molar-refractivity contribution in [1.82, 2.24) is 20.4 Å². The zero-order valence-electron chi connectivity index (χ0n) is 11.8. The van der Waals surface area contributed by atoms with Crippen LogP contribution in [0.5, 0.6) is 0 Å². The second kappa shape index (κ2) is 6.46. The number of nitrogens with one attached hydrogen (secondary N) is 2. The van der Waals surface area contributed by atoms with Gasteiger partial charge < -0.3 is 10.6 Å². The molecule has 2 heterocycles. The van der Waals surface area contributed by atoms with Crippen LogP contribution in [0.15, 0.2) is 12.3 Å². The first-order chi connectivity index (χ1) is 9.86. The van der Waals surface area contributed by atoms with Crippen molar-refractivity contribution < 1.29 is 18.0 Å². The number of carbonyl (C=O) groups excluding carboxylic acids is 1. The van der Waals surface area contributed by atoms with Crippen molar-refractivity contribution in [3.05, 3.63) is 18.0 Å². The van der Waals surface area contributed by atoms with E-state index in [9.17, 15) is 18.0 Å². The second-order valence-corrected chi connectivity index (χ2v) is 5.30. The molecule has 1 aromatic heterocycles. The van der Waals surface area contributed by atoms with Crippen LogP contribution in [0.4, 0.5) is 13.2 Å². The molecule has 0 radical (unpaired) electrons. The van der Waals surface area contributed by atoms with Gasteiger partial charge in [-0.3, -0.25) is 9.48 Å². The predicted molar refractivity (Wildman–Crippen MR) is 70.5 cm³/mol. The van der Waals surface area contributed by atoms with Gasteiger partial charge in [0.25, 0.3) is 0 Å². The maximum absolute atomic E-state index is 12.5. The lowest BCUT2D eigenvalue weighted by Gasteiger charge is -2.30. The minimum absolute atomic E-state index is 0.00513. The Labute approximate surface area is 120 Å². The van der Waals surface area contributed by atoms with Gasteiger partial charge in [-0.1, -0.05) is 0 Å². The molecule has 1 fully saturated rings. The van der Waals surface area contributed by atoms with Gasteiger partial charge in [-0.25, -0.2) is 0 Å². The first kappa shape index (κ1) is 15.8. The summed E-state index contributed by atoms with van der Waals surface area (Å²) in [5, 5.41) is 9.59. The molecule has 0 aliphatic carbocycles. The van der Waals surface area contributed by atoms with Gasteiger partial charge in [0, 0.05) is 32.8 Å². The largest absolute Gasteiger partial charge is 0.393 e. The molecular weight excluding hydrogens is 285 g/mol. The van der Waals surface area contributed by atoms with E-state index < -0.39 is 18.1 Å². The average Bonchev–Trinajstić information content (AvgIpc) is 2.83. The van der Waals surface area contributed by atoms with Gasteiger partial charge in [0.2, 0.25) is 5.91 Å². The highest BCUT2D eigenvalue weighted by atomic mass is 19.4. The Bertz CT molecular complexity index is 478. The van der Waals surface area contributed by atoms with Gasteiger partial charge >= 0.3 is 6.18 Å². The van der Waals surface area contributed by atoms with Crippen molar-refractivity contribution in [3.8, 4) is 0 Å². The van der Waals surface area contributed by atoms with Crippen LogP contribution in [-0.4, -0.2) is 41.0 Å². The second-order valence-electron chi connectivity index (χ2n) is 5.30. The van der Waals surface area contributed by atoms with Crippen molar-refractivity contribution in [3.63, 3.8) is 0 Å². The van der Waals surface area contributed by atoms with Crippen molar-refractivity contribution in [2.24, 2.45) is 13.0 Å². The summed E-state index contributed by atoms with van der Waals surface area (Å²) in [5.41, 5.74) is 0.867. The number of carbonyl (C=O) groups is 1. The molecule has 1 saturated heterocycles. The minimum atomic E-state index is -4.19. The van der Waals surface area contributed by atoms with E-state index >= 15 is 0 Å². The topological polar surface area (TPSA) is 59.0 Å². The number of hydrogen-bond donors (Lipinski definition) is 2. The summed E-state index contributed by atoms with van der Waals surface area (Å²) in [6.45, 7) is 0.235. The van der Waals surface area contributed by atoms with Crippen molar-refractivity contribution in [2.75, 3.05) is 13.1 Å². The summed E-state index contributed by atoms with van der Waals surface area (Å²) in [6, 6.07) is 1.33. The SMILES string of the molecule is Cn1ccc(CCNC(=O)C2CCC(C(F)(F)F)CN2)n1. The van der Waals surface area contributed by atoms with Crippen molar-refractivity contribution in [1.29, 1.82) is 0 Å². The van der Waals surface area contributed by atoms with Crippen molar-refractivity contribution >= 4 is 5.91 Å². The molecule has 1 aliphatic heterocycles. The number of amides is 1. The highest BCUT2D eigenvalue weighted by Crippen LogP contribution is 2.31. The molecule has 118 valence electrons. The summed E-state index contributed by atoms with van der Waals surface area (Å²) in [4.78, 5) is 11.9. The van der Waals surface area contributed by atoms with Gasteiger partial charge in [-0.15, -0.1) is 0 Å². The number of nitrogens with zero attached hydrogens (tertiary/aromatic N) is 2. The molecule has 2 N–H and O–H groups in total. The van der Waals surface area contributed by atoms with Crippen LogP contribution in [0.25, 0.3) is 0 Å². The fraction of sp³-hybridized carbons (Fsp3) is 0.692. The maximum Gasteiger partial charge on any atom is 0.393 e. The summed E-state index contributed by atoms with van der Waals surface area (Å²) in [7, 11) is 1.81. The lowest BCUT2D eigenvalue weighted by atomic mass is 9.94. The van der Waals surface area contributed by atoms with Gasteiger partial charge in [-0.05, 0) is 18.9 Å². The average molecular weight is 304 g/mol. The maximum atomic E-state index is 12.5. The van der Waals surface area contributed by atoms with Crippen LogP contribution in [0.2, 0.25) is 0 Å². The van der Waals surface area contributed by atoms with Crippen molar-refractivity contribution in [2.45, 2.75) is 31.5 Å². The number of halogens is 3. The van der Waals surface area contributed by atoms with Crippen LogP contribution in [-0.2, 0) is 18.3 Å². The van der Waals surface area contributed by atoms with Gasteiger partial charge in [0.05, 0.1) is 17.7 Å². The lowest BCUT2D eigenvalue weighted by molar-refractivity contribution is -0.180. The van der Waals surface area contributed by atoms with E-state index in [0.717, 1.165) is 5.69 Å². The van der Waals surface area contributed by atoms with E-state index in [1.807, 2.05) is 19.3 Å². The third-order valence-electron chi connectivity index (χ3n) is 3.64. The zero-order chi connectivity index (χ0) is 15.5. The molecule has 1 amide bonds. The fourth-order valence-electron chi connectivity index (χ4n) is 2.39. The molecule has 2 rings (SSSR count). The van der Waals surface area contributed by atoms with E-state index in [-0.39, 0.29) is 25.3 Å². The molecular formula is C13H19F3N4O. The molecule has 1 aromatic rings. The summed E-state index contributed by atoms with van der Waals surface area (Å²) in [5.74, 6) is -1.60. The lowest BCUT2D eigenvalue weighted by Crippen LogP contribution is -2.51. The molecule has 5 nitrogen and oxygen atoms in total. The number of piperidine rings is 1. The quantitative estimate of drug-likeness (QED) is 0.873. The Morgan fingerprint density at radius 1 is 1.52 bits per heavy atom. The van der Waals surface area contributed by atoms with E-state index in [1.54, 1.807) is 4.68 Å². The van der Waals surface area contributed by atoms with Gasteiger partial charge in [0.1, 0.15) is 0 Å². The third-order valence-corrected chi connectivity index (χ3v) is 3.64. The number of hydrogen-bond acceptors (Lipinski definition) is 3. The zero-order valence-corrected chi connectivity index (χ0v) is 11.8. The Morgan fingerprint density at radius 2 is 2.29 bits per heavy atom.